The van der Waals surface area contributed by atoms with Gasteiger partial charge in [0.15, 0.2) is 5.96 Å². The van der Waals surface area contributed by atoms with E-state index in [4.69, 9.17) is 0 Å². The van der Waals surface area contributed by atoms with Crippen molar-refractivity contribution < 1.29 is 9.59 Å². The van der Waals surface area contributed by atoms with E-state index < -0.39 is 5.54 Å². The highest BCUT2D eigenvalue weighted by molar-refractivity contribution is 14.0. The Morgan fingerprint density at radius 1 is 1.19 bits per heavy atom. The van der Waals surface area contributed by atoms with Gasteiger partial charge in [-0.25, -0.2) is 4.79 Å². The van der Waals surface area contributed by atoms with Crippen LogP contribution in [0.25, 0.3) is 0 Å². The Labute approximate surface area is 202 Å². The molecule has 0 aromatic heterocycles. The van der Waals surface area contributed by atoms with Gasteiger partial charge in [0.2, 0.25) is 0 Å². The quantitative estimate of drug-likeness (QED) is 0.162. The number of halogens is 1. The first-order valence-corrected chi connectivity index (χ1v) is 11.1. The molecule has 1 heterocycles. The molecule has 0 bridgehead atoms. The molecule has 31 heavy (non-hydrogen) atoms. The fourth-order valence-electron chi connectivity index (χ4n) is 4.32. The number of hydrogen-bond acceptors (Lipinski definition) is 3. The molecule has 3 rings (SSSR count). The molecule has 1 aromatic carbocycles. The molecule has 7 nitrogen and oxygen atoms in total. The third-order valence-corrected chi connectivity index (χ3v) is 6.47. The van der Waals surface area contributed by atoms with Crippen molar-refractivity contribution in [3.8, 4) is 0 Å². The minimum absolute atomic E-state index is 0. The van der Waals surface area contributed by atoms with E-state index in [9.17, 15) is 9.59 Å². The summed E-state index contributed by atoms with van der Waals surface area (Å²) in [6.45, 7) is 4.75. The first-order valence-electron chi connectivity index (χ1n) is 11.1. The molecule has 1 atom stereocenters. The van der Waals surface area contributed by atoms with Crippen LogP contribution >= 0.6 is 24.0 Å². The number of benzene rings is 1. The van der Waals surface area contributed by atoms with Crippen LogP contribution in [-0.4, -0.2) is 54.5 Å². The second kappa shape index (κ2) is 11.7. The van der Waals surface area contributed by atoms with E-state index in [1.165, 1.54) is 23.3 Å². The second-order valence-electron chi connectivity index (χ2n) is 8.53. The molecule has 1 aliphatic heterocycles. The van der Waals surface area contributed by atoms with Crippen LogP contribution in [0.15, 0.2) is 35.3 Å². The van der Waals surface area contributed by atoms with Gasteiger partial charge in [-0.15, -0.1) is 24.0 Å². The third-order valence-electron chi connectivity index (χ3n) is 6.47. The van der Waals surface area contributed by atoms with Crippen molar-refractivity contribution >= 4 is 41.9 Å². The van der Waals surface area contributed by atoms with Gasteiger partial charge in [0.05, 0.1) is 0 Å². The van der Waals surface area contributed by atoms with E-state index >= 15 is 0 Å². The third kappa shape index (κ3) is 6.33. The van der Waals surface area contributed by atoms with Gasteiger partial charge in [-0.1, -0.05) is 37.3 Å². The van der Waals surface area contributed by atoms with Crippen molar-refractivity contribution in [3.05, 3.63) is 35.9 Å². The number of nitrogens with zero attached hydrogens (tertiary/aromatic N) is 2. The van der Waals surface area contributed by atoms with Gasteiger partial charge in [0.25, 0.3) is 5.91 Å². The van der Waals surface area contributed by atoms with Crippen molar-refractivity contribution in [2.24, 2.45) is 4.99 Å². The zero-order valence-electron chi connectivity index (χ0n) is 18.8. The average molecular weight is 541 g/mol. The van der Waals surface area contributed by atoms with E-state index in [1.807, 2.05) is 6.92 Å². The van der Waals surface area contributed by atoms with Crippen molar-refractivity contribution in [3.63, 3.8) is 0 Å². The second-order valence-corrected chi connectivity index (χ2v) is 8.53. The number of hydrogen-bond donors (Lipinski definition) is 3. The monoisotopic (exact) mass is 541 g/mol. The highest BCUT2D eigenvalue weighted by Gasteiger charge is 2.45. The molecule has 8 heteroatoms. The Balaban J connectivity index is 0.00000341. The molecule has 3 amide bonds. The van der Waals surface area contributed by atoms with Gasteiger partial charge in [-0.3, -0.25) is 14.7 Å². The minimum atomic E-state index is -0.763. The zero-order chi connectivity index (χ0) is 21.6. The van der Waals surface area contributed by atoms with Crippen molar-refractivity contribution in [1.29, 1.82) is 0 Å². The SMILES string of the molecule is CCC1(C)NC(=O)N(CCCNC(=NC)NC2CCC(c3ccccc3)CC2)C1=O.I. The van der Waals surface area contributed by atoms with Gasteiger partial charge in [-0.05, 0) is 56.9 Å². The lowest BCUT2D eigenvalue weighted by Gasteiger charge is -2.30. The number of carbonyl (C=O) groups excluding carboxylic acids is 2. The number of amides is 3. The molecule has 1 unspecified atom stereocenters. The Kier molecular flexibility index (Phi) is 9.58. The van der Waals surface area contributed by atoms with Gasteiger partial charge in [0.1, 0.15) is 5.54 Å². The van der Waals surface area contributed by atoms with Crippen molar-refractivity contribution in [2.75, 3.05) is 20.1 Å². The summed E-state index contributed by atoms with van der Waals surface area (Å²) in [5.74, 6) is 1.30. The van der Waals surface area contributed by atoms with Gasteiger partial charge >= 0.3 is 6.03 Å². The molecule has 2 fully saturated rings. The molecule has 172 valence electrons. The first-order chi connectivity index (χ1) is 14.5. The Morgan fingerprint density at radius 3 is 2.45 bits per heavy atom. The fraction of sp³-hybridized carbons (Fsp3) is 0.609. The fourth-order valence-corrected chi connectivity index (χ4v) is 4.32. The van der Waals surface area contributed by atoms with Crippen LogP contribution in [0.2, 0.25) is 0 Å². The van der Waals surface area contributed by atoms with Crippen molar-refractivity contribution in [1.82, 2.24) is 20.9 Å². The average Bonchev–Trinajstić information content (AvgIpc) is 3.00. The number of carbonyl (C=O) groups is 2. The van der Waals surface area contributed by atoms with Gasteiger partial charge < -0.3 is 16.0 Å². The zero-order valence-corrected chi connectivity index (χ0v) is 21.1. The van der Waals surface area contributed by atoms with Crippen LogP contribution in [0, 0.1) is 0 Å². The summed E-state index contributed by atoms with van der Waals surface area (Å²) in [7, 11) is 1.77. The molecular formula is C23H36IN5O2. The van der Waals surface area contributed by atoms with Crippen molar-refractivity contribution in [2.45, 2.75) is 69.9 Å². The summed E-state index contributed by atoms with van der Waals surface area (Å²) >= 11 is 0. The van der Waals surface area contributed by atoms with Crippen LogP contribution in [0.4, 0.5) is 4.79 Å². The number of urea groups is 1. The lowest BCUT2D eigenvalue weighted by atomic mass is 9.82. The number of nitrogens with one attached hydrogen (secondary N) is 3. The lowest BCUT2D eigenvalue weighted by molar-refractivity contribution is -0.130. The van der Waals surface area contributed by atoms with Gasteiger partial charge in [0, 0.05) is 26.2 Å². The summed E-state index contributed by atoms with van der Waals surface area (Å²) in [6.07, 6.45) is 5.88. The maximum atomic E-state index is 12.4. The highest BCUT2D eigenvalue weighted by atomic mass is 127. The molecule has 1 saturated carbocycles. The van der Waals surface area contributed by atoms with Crippen LogP contribution in [0.5, 0.6) is 0 Å². The molecule has 0 radical (unpaired) electrons. The summed E-state index contributed by atoms with van der Waals surface area (Å²) in [5.41, 5.74) is 0.680. The van der Waals surface area contributed by atoms with E-state index in [0.717, 1.165) is 18.8 Å². The Bertz CT molecular complexity index is 764. The topological polar surface area (TPSA) is 85.8 Å². The molecule has 1 aromatic rings. The summed E-state index contributed by atoms with van der Waals surface area (Å²) in [4.78, 5) is 30.2. The number of aliphatic imine (C=N–C) groups is 1. The normalized spacial score (nSPS) is 26.3. The first kappa shape index (κ1) is 25.4. The Morgan fingerprint density at radius 2 is 1.87 bits per heavy atom. The predicted molar refractivity (Wildman–Crippen MR) is 135 cm³/mol. The van der Waals surface area contributed by atoms with Gasteiger partial charge in [-0.2, -0.15) is 0 Å². The smallest absolute Gasteiger partial charge is 0.325 e. The van der Waals surface area contributed by atoms with Crippen LogP contribution in [-0.2, 0) is 4.79 Å². The summed E-state index contributed by atoms with van der Waals surface area (Å²) in [6, 6.07) is 10.9. The standard InChI is InChI=1S/C23H35N5O2.HI/c1-4-23(2)20(29)28(22(30)27-23)16-8-15-25-21(24-3)26-19-13-11-18(12-14-19)17-9-6-5-7-10-17;/h5-7,9-10,18-19H,4,8,11-16H2,1-3H3,(H,27,30)(H2,24,25,26);1H. The largest absolute Gasteiger partial charge is 0.356 e. The highest BCUT2D eigenvalue weighted by Crippen LogP contribution is 2.32. The molecule has 3 N–H and O–H groups in total. The summed E-state index contributed by atoms with van der Waals surface area (Å²) < 4.78 is 0. The van der Waals surface area contributed by atoms with E-state index in [2.05, 4.69) is 51.3 Å². The lowest BCUT2D eigenvalue weighted by Crippen LogP contribution is -2.45. The minimum Gasteiger partial charge on any atom is -0.356 e. The maximum absolute atomic E-state index is 12.4. The van der Waals surface area contributed by atoms with Crippen LogP contribution in [0.1, 0.15) is 63.9 Å². The Hall–Kier alpha value is -1.84. The van der Waals surface area contributed by atoms with Crippen LogP contribution in [0.3, 0.4) is 0 Å². The van der Waals surface area contributed by atoms with E-state index in [-0.39, 0.29) is 35.9 Å². The predicted octanol–water partition coefficient (Wildman–Crippen LogP) is 3.61. The van der Waals surface area contributed by atoms with E-state index in [0.29, 0.717) is 37.9 Å². The van der Waals surface area contributed by atoms with E-state index in [1.54, 1.807) is 14.0 Å². The molecule has 2 aliphatic rings. The number of imide groups is 1. The molecule has 1 saturated heterocycles. The summed E-state index contributed by atoms with van der Waals surface area (Å²) in [5, 5.41) is 9.63. The number of rotatable bonds is 7. The van der Waals surface area contributed by atoms with Crippen LogP contribution < -0.4 is 16.0 Å². The maximum Gasteiger partial charge on any atom is 0.325 e. The molecular weight excluding hydrogens is 505 g/mol. The number of guanidine groups is 1. The molecule has 0 spiro atoms. The molecule has 1 aliphatic carbocycles.